The lowest BCUT2D eigenvalue weighted by Crippen LogP contribution is -2.51. The number of nitrogens with zero attached hydrogens (tertiary/aromatic N) is 4. The number of hydrogen-bond acceptors (Lipinski definition) is 6. The van der Waals surface area contributed by atoms with Crippen LogP contribution < -0.4 is 15.5 Å². The molecule has 3 N–H and O–H groups in total. The predicted molar refractivity (Wildman–Crippen MR) is 152 cm³/mol. The molecule has 0 aliphatic carbocycles. The number of carbonyl (C=O) groups excluding carboxylic acids is 1. The third kappa shape index (κ3) is 7.10. The minimum atomic E-state index is -0.376. The summed E-state index contributed by atoms with van der Waals surface area (Å²) in [7, 11) is 0. The average Bonchev–Trinajstić information content (AvgIpc) is 2.96. The Labute approximate surface area is 225 Å². The molecule has 0 saturated carbocycles. The van der Waals surface area contributed by atoms with Gasteiger partial charge in [-0.25, -0.2) is 9.78 Å². The second-order valence-electron chi connectivity index (χ2n) is 10.2. The third-order valence-electron chi connectivity index (χ3n) is 7.47. The first-order chi connectivity index (χ1) is 18.6. The van der Waals surface area contributed by atoms with Crippen LogP contribution in [0.4, 0.5) is 16.3 Å². The molecule has 38 heavy (non-hydrogen) atoms. The molecule has 2 saturated heterocycles. The second-order valence-corrected chi connectivity index (χ2v) is 10.2. The van der Waals surface area contributed by atoms with E-state index in [0.717, 1.165) is 74.7 Å². The normalized spacial score (nSPS) is 18.2. The number of aliphatic hydroxyl groups is 1. The van der Waals surface area contributed by atoms with Crippen LogP contribution in [-0.4, -0.2) is 90.4 Å². The van der Waals surface area contributed by atoms with Crippen LogP contribution in [0.2, 0.25) is 0 Å². The standard InChI is InChI=1S/C30H38N6O2/c37-26(23-35-18-20-36(21-19-35)29-12-6-7-15-31-29)22-34-16-13-25(14-17-34)32-30(38)33-28-11-5-4-10-27(28)24-8-2-1-3-9-24/h1-12,15,25-26,37H,13-14,16-23H2,(H2,32,33,38). The number of carbonyl (C=O) groups is 1. The molecule has 2 aliphatic rings. The number of rotatable bonds is 8. The van der Waals surface area contributed by atoms with Gasteiger partial charge in [-0.1, -0.05) is 54.6 Å². The van der Waals surface area contributed by atoms with Crippen molar-refractivity contribution in [1.29, 1.82) is 0 Å². The van der Waals surface area contributed by atoms with Gasteiger partial charge in [-0.15, -0.1) is 0 Å². The molecule has 8 heteroatoms. The first-order valence-electron chi connectivity index (χ1n) is 13.6. The summed E-state index contributed by atoms with van der Waals surface area (Å²) >= 11 is 0. The lowest BCUT2D eigenvalue weighted by atomic mass is 10.0. The van der Waals surface area contributed by atoms with Gasteiger partial charge in [0.05, 0.1) is 11.8 Å². The first-order valence-corrected chi connectivity index (χ1v) is 13.6. The zero-order valence-electron chi connectivity index (χ0n) is 21.9. The van der Waals surface area contributed by atoms with Crippen molar-refractivity contribution in [3.8, 4) is 11.1 Å². The molecule has 8 nitrogen and oxygen atoms in total. The number of para-hydroxylation sites is 1. The molecule has 1 unspecified atom stereocenters. The number of urea groups is 1. The maximum atomic E-state index is 12.8. The van der Waals surface area contributed by atoms with E-state index in [1.165, 1.54) is 0 Å². The Morgan fingerprint density at radius 1 is 0.842 bits per heavy atom. The topological polar surface area (TPSA) is 84.0 Å². The van der Waals surface area contributed by atoms with E-state index in [2.05, 4.69) is 36.4 Å². The van der Waals surface area contributed by atoms with Gasteiger partial charge in [0, 0.05) is 70.2 Å². The number of piperidine rings is 1. The summed E-state index contributed by atoms with van der Waals surface area (Å²) in [5.41, 5.74) is 2.88. The number of hydrogen-bond donors (Lipinski definition) is 3. The van der Waals surface area contributed by atoms with Crippen LogP contribution in [0, 0.1) is 0 Å². The van der Waals surface area contributed by atoms with Crippen LogP contribution in [0.15, 0.2) is 79.0 Å². The van der Waals surface area contributed by atoms with Crippen molar-refractivity contribution >= 4 is 17.5 Å². The van der Waals surface area contributed by atoms with Crippen molar-refractivity contribution in [2.45, 2.75) is 25.0 Å². The summed E-state index contributed by atoms with van der Waals surface area (Å²) in [5, 5.41) is 16.9. The van der Waals surface area contributed by atoms with E-state index >= 15 is 0 Å². The van der Waals surface area contributed by atoms with Gasteiger partial charge in [0.2, 0.25) is 0 Å². The first kappa shape index (κ1) is 26.2. The molecule has 3 heterocycles. The lowest BCUT2D eigenvalue weighted by molar-refractivity contribution is 0.0618. The van der Waals surface area contributed by atoms with Crippen LogP contribution in [0.25, 0.3) is 11.1 Å². The number of amides is 2. The Bertz CT molecular complexity index is 1150. The minimum absolute atomic E-state index is 0.131. The van der Waals surface area contributed by atoms with Crippen molar-refractivity contribution in [2.24, 2.45) is 0 Å². The number of likely N-dealkylation sites (tertiary alicyclic amines) is 1. The largest absolute Gasteiger partial charge is 0.390 e. The van der Waals surface area contributed by atoms with Crippen molar-refractivity contribution in [3.05, 3.63) is 79.0 Å². The van der Waals surface area contributed by atoms with Crippen molar-refractivity contribution in [1.82, 2.24) is 20.1 Å². The summed E-state index contributed by atoms with van der Waals surface area (Å²) in [6.45, 7) is 6.83. The molecule has 3 aromatic rings. The monoisotopic (exact) mass is 514 g/mol. The quantitative estimate of drug-likeness (QED) is 0.427. The average molecular weight is 515 g/mol. The minimum Gasteiger partial charge on any atom is -0.390 e. The van der Waals surface area contributed by atoms with Gasteiger partial charge in [-0.05, 0) is 36.6 Å². The zero-order valence-corrected chi connectivity index (χ0v) is 21.9. The Kier molecular flexibility index (Phi) is 8.86. The summed E-state index contributed by atoms with van der Waals surface area (Å²) in [5.74, 6) is 1.03. The fourth-order valence-electron chi connectivity index (χ4n) is 5.42. The number of nitrogens with one attached hydrogen (secondary N) is 2. The molecule has 1 aromatic heterocycles. The Morgan fingerprint density at radius 2 is 1.50 bits per heavy atom. The predicted octanol–water partition coefficient (Wildman–Crippen LogP) is 3.52. The third-order valence-corrected chi connectivity index (χ3v) is 7.47. The van der Waals surface area contributed by atoms with Gasteiger partial charge in [-0.3, -0.25) is 4.90 Å². The highest BCUT2D eigenvalue weighted by molar-refractivity contribution is 5.94. The summed E-state index contributed by atoms with van der Waals surface area (Å²) in [4.78, 5) is 24.2. The number of pyridine rings is 1. The molecule has 2 aliphatic heterocycles. The van der Waals surface area contributed by atoms with E-state index in [4.69, 9.17) is 0 Å². The van der Waals surface area contributed by atoms with Gasteiger partial charge >= 0.3 is 6.03 Å². The van der Waals surface area contributed by atoms with Gasteiger partial charge in [0.25, 0.3) is 0 Å². The summed E-state index contributed by atoms with van der Waals surface area (Å²) < 4.78 is 0. The van der Waals surface area contributed by atoms with E-state index in [1.807, 2.05) is 72.9 Å². The van der Waals surface area contributed by atoms with E-state index in [0.29, 0.717) is 13.1 Å². The van der Waals surface area contributed by atoms with E-state index < -0.39 is 0 Å². The molecule has 0 spiro atoms. The van der Waals surface area contributed by atoms with E-state index in [1.54, 1.807) is 0 Å². The summed E-state index contributed by atoms with van der Waals surface area (Å²) in [6, 6.07) is 23.9. The molecule has 0 radical (unpaired) electrons. The van der Waals surface area contributed by atoms with Crippen LogP contribution in [0.1, 0.15) is 12.8 Å². The van der Waals surface area contributed by atoms with Crippen LogP contribution in [0.5, 0.6) is 0 Å². The Balaban J connectivity index is 1.02. The highest BCUT2D eigenvalue weighted by Gasteiger charge is 2.25. The highest BCUT2D eigenvalue weighted by atomic mass is 16.3. The van der Waals surface area contributed by atoms with E-state index in [-0.39, 0.29) is 18.2 Å². The Morgan fingerprint density at radius 3 is 2.21 bits per heavy atom. The maximum absolute atomic E-state index is 12.8. The molecule has 1 atom stereocenters. The molecular formula is C30H38N6O2. The number of piperazine rings is 1. The fraction of sp³-hybridized carbons (Fsp3) is 0.400. The maximum Gasteiger partial charge on any atom is 0.319 e. The van der Waals surface area contributed by atoms with Crippen molar-refractivity contribution in [3.63, 3.8) is 0 Å². The van der Waals surface area contributed by atoms with Gasteiger partial charge in [0.15, 0.2) is 0 Å². The number of aliphatic hydroxyl groups excluding tert-OH is 1. The lowest BCUT2D eigenvalue weighted by Gasteiger charge is -2.38. The van der Waals surface area contributed by atoms with Crippen LogP contribution >= 0.6 is 0 Å². The van der Waals surface area contributed by atoms with Crippen LogP contribution in [-0.2, 0) is 0 Å². The molecule has 0 bridgehead atoms. The van der Waals surface area contributed by atoms with Crippen molar-refractivity contribution < 1.29 is 9.90 Å². The molecule has 5 rings (SSSR count). The molecular weight excluding hydrogens is 476 g/mol. The van der Waals surface area contributed by atoms with Gasteiger partial charge < -0.3 is 25.5 Å². The SMILES string of the molecule is O=C(Nc1ccccc1-c1ccccc1)NC1CCN(CC(O)CN2CCN(c3ccccn3)CC2)CC1. The number of benzene rings is 2. The van der Waals surface area contributed by atoms with E-state index in [9.17, 15) is 9.90 Å². The number of aromatic nitrogens is 1. The van der Waals surface area contributed by atoms with Gasteiger partial charge in [0.1, 0.15) is 5.82 Å². The molecule has 200 valence electrons. The summed E-state index contributed by atoms with van der Waals surface area (Å²) in [6.07, 6.45) is 3.22. The molecule has 2 aromatic carbocycles. The second kappa shape index (κ2) is 12.9. The number of anilines is 2. The van der Waals surface area contributed by atoms with Gasteiger partial charge in [-0.2, -0.15) is 0 Å². The fourth-order valence-corrected chi connectivity index (χ4v) is 5.42. The molecule has 2 amide bonds. The highest BCUT2D eigenvalue weighted by Crippen LogP contribution is 2.27. The zero-order chi connectivity index (χ0) is 26.2. The Hall–Kier alpha value is -3.46. The van der Waals surface area contributed by atoms with Crippen LogP contribution in [0.3, 0.4) is 0 Å². The molecule has 2 fully saturated rings. The number of β-amino-alcohol motifs (C(OH)–C–C–N with tert-alkyl or cyclic N) is 1. The smallest absolute Gasteiger partial charge is 0.319 e. The van der Waals surface area contributed by atoms with Crippen molar-refractivity contribution in [2.75, 3.05) is 62.6 Å².